The van der Waals surface area contributed by atoms with Crippen LogP contribution in [0.1, 0.15) is 31.3 Å². The minimum absolute atomic E-state index is 0.0322. The van der Waals surface area contributed by atoms with Crippen LogP contribution in [0.5, 0.6) is 0 Å². The predicted molar refractivity (Wildman–Crippen MR) is 145 cm³/mol. The van der Waals surface area contributed by atoms with Gasteiger partial charge in [-0.1, -0.05) is 40.2 Å². The molecule has 1 fully saturated rings. The van der Waals surface area contributed by atoms with Gasteiger partial charge in [0.2, 0.25) is 5.95 Å². The van der Waals surface area contributed by atoms with Crippen molar-refractivity contribution in [2.75, 3.05) is 18.0 Å². The van der Waals surface area contributed by atoms with E-state index in [2.05, 4.69) is 30.8 Å². The van der Waals surface area contributed by atoms with Gasteiger partial charge in [0.15, 0.2) is 11.2 Å². The molecular formula is C25H29BrN8O2. The first-order chi connectivity index (χ1) is 17.2. The van der Waals surface area contributed by atoms with Gasteiger partial charge in [0.05, 0.1) is 12.1 Å². The minimum Gasteiger partial charge on any atom is -0.341 e. The summed E-state index contributed by atoms with van der Waals surface area (Å²) in [5, 5.41) is 0.941. The van der Waals surface area contributed by atoms with Crippen molar-refractivity contribution in [3.8, 4) is 0 Å². The average Bonchev–Trinajstić information content (AvgIpc) is 3.24. The number of para-hydroxylation sites is 1. The number of fused-ring (bicyclic) bond motifs is 2. The maximum atomic E-state index is 13.8. The van der Waals surface area contributed by atoms with Crippen molar-refractivity contribution < 1.29 is 0 Å². The maximum absolute atomic E-state index is 13.8. The second kappa shape index (κ2) is 9.62. The zero-order valence-corrected chi connectivity index (χ0v) is 22.2. The molecule has 1 aliphatic heterocycles. The van der Waals surface area contributed by atoms with Crippen LogP contribution in [0.3, 0.4) is 0 Å². The zero-order chi connectivity index (χ0) is 25.6. The van der Waals surface area contributed by atoms with E-state index in [1.807, 2.05) is 48.8 Å². The molecular weight excluding hydrogens is 524 g/mol. The molecule has 4 heterocycles. The lowest BCUT2D eigenvalue weighted by Crippen LogP contribution is -2.44. The normalized spacial score (nSPS) is 16.9. The number of rotatable bonds is 5. The van der Waals surface area contributed by atoms with E-state index >= 15 is 0 Å². The molecule has 1 atom stereocenters. The predicted octanol–water partition coefficient (Wildman–Crippen LogP) is 2.42. The Kier molecular flexibility index (Phi) is 6.52. The van der Waals surface area contributed by atoms with Crippen LogP contribution < -0.4 is 21.9 Å². The van der Waals surface area contributed by atoms with Crippen molar-refractivity contribution >= 4 is 43.9 Å². The Balaban J connectivity index is 1.69. The number of piperidine rings is 1. The first kappa shape index (κ1) is 24.4. The number of hydrogen-bond acceptors (Lipinski definition) is 7. The van der Waals surface area contributed by atoms with E-state index in [0.717, 1.165) is 40.5 Å². The smallest absolute Gasteiger partial charge is 0.332 e. The number of benzene rings is 1. The largest absolute Gasteiger partial charge is 0.341 e. The molecule has 0 aliphatic carbocycles. The molecule has 36 heavy (non-hydrogen) atoms. The van der Waals surface area contributed by atoms with E-state index < -0.39 is 11.2 Å². The number of allylic oxidation sites excluding steroid dienone is 2. The molecule has 1 aliphatic rings. The van der Waals surface area contributed by atoms with Crippen LogP contribution in [0.4, 0.5) is 5.95 Å². The van der Waals surface area contributed by atoms with Gasteiger partial charge < -0.3 is 15.2 Å². The summed E-state index contributed by atoms with van der Waals surface area (Å²) in [6.07, 6.45) is 3.87. The van der Waals surface area contributed by atoms with E-state index in [9.17, 15) is 9.59 Å². The van der Waals surface area contributed by atoms with E-state index in [0.29, 0.717) is 36.0 Å². The van der Waals surface area contributed by atoms with Gasteiger partial charge >= 0.3 is 5.69 Å². The van der Waals surface area contributed by atoms with Crippen molar-refractivity contribution in [3.63, 3.8) is 0 Å². The van der Waals surface area contributed by atoms with Crippen molar-refractivity contribution in [1.29, 1.82) is 0 Å². The molecule has 0 spiro atoms. The Morgan fingerprint density at radius 1 is 1.19 bits per heavy atom. The van der Waals surface area contributed by atoms with Gasteiger partial charge in [-0.3, -0.25) is 13.9 Å². The fourth-order valence-corrected chi connectivity index (χ4v) is 4.97. The number of nitrogens with zero attached hydrogens (tertiary/aromatic N) is 7. The molecule has 10 nitrogen and oxygen atoms in total. The molecule has 1 saturated heterocycles. The quantitative estimate of drug-likeness (QED) is 0.404. The second-order valence-corrected chi connectivity index (χ2v) is 10.6. The molecule has 3 aromatic heterocycles. The van der Waals surface area contributed by atoms with Gasteiger partial charge in [-0.05, 0) is 37.2 Å². The van der Waals surface area contributed by atoms with Crippen LogP contribution >= 0.6 is 15.9 Å². The Bertz CT molecular complexity index is 1610. The fourth-order valence-electron chi connectivity index (χ4n) is 4.83. The highest BCUT2D eigenvalue weighted by atomic mass is 79.9. The highest BCUT2D eigenvalue weighted by molar-refractivity contribution is 9.11. The van der Waals surface area contributed by atoms with Crippen LogP contribution in [0, 0.1) is 6.92 Å². The van der Waals surface area contributed by atoms with Gasteiger partial charge in [0, 0.05) is 43.8 Å². The Hall–Kier alpha value is -3.31. The van der Waals surface area contributed by atoms with E-state index in [1.54, 1.807) is 7.05 Å². The Morgan fingerprint density at radius 2 is 1.97 bits per heavy atom. The third-order valence-corrected chi connectivity index (χ3v) is 6.97. The van der Waals surface area contributed by atoms with Crippen LogP contribution in [-0.2, 0) is 20.1 Å². The monoisotopic (exact) mass is 552 g/mol. The summed E-state index contributed by atoms with van der Waals surface area (Å²) in [4.78, 5) is 43.3. The van der Waals surface area contributed by atoms with Crippen molar-refractivity contribution in [1.82, 2.24) is 28.7 Å². The van der Waals surface area contributed by atoms with Crippen molar-refractivity contribution in [2.24, 2.45) is 12.8 Å². The average molecular weight is 553 g/mol. The molecule has 0 saturated carbocycles. The lowest BCUT2D eigenvalue weighted by molar-refractivity contribution is 0.495. The van der Waals surface area contributed by atoms with Crippen LogP contribution in [0.15, 0.2) is 44.4 Å². The zero-order valence-electron chi connectivity index (χ0n) is 20.6. The molecule has 0 unspecified atom stereocenters. The Labute approximate surface area is 216 Å². The topological polar surface area (TPSA) is 117 Å². The summed E-state index contributed by atoms with van der Waals surface area (Å²) >= 11 is 3.48. The molecule has 0 amide bonds. The first-order valence-electron chi connectivity index (χ1n) is 12.0. The number of aryl methyl sites for hydroxylation is 2. The first-order valence-corrected chi connectivity index (χ1v) is 12.8. The third-order valence-electron chi connectivity index (χ3n) is 6.65. The molecule has 188 valence electrons. The third kappa shape index (κ3) is 4.37. The van der Waals surface area contributed by atoms with Gasteiger partial charge in [-0.25, -0.2) is 14.8 Å². The van der Waals surface area contributed by atoms with Crippen LogP contribution in [-0.4, -0.2) is 47.8 Å². The molecule has 2 N–H and O–H groups in total. The van der Waals surface area contributed by atoms with Gasteiger partial charge in [-0.2, -0.15) is 4.98 Å². The SMILES string of the molecule is C/C(Br)=C/Cn1c(N2CCC[C@@H](N)C2)nc2c1c(=O)n(Cc1nc(C)c3ccccc3n1)c(=O)n2C. The maximum Gasteiger partial charge on any atom is 0.332 e. The lowest BCUT2D eigenvalue weighted by atomic mass is 10.1. The lowest BCUT2D eigenvalue weighted by Gasteiger charge is -2.31. The molecule has 4 aromatic rings. The fraction of sp³-hybridized carbons (Fsp3) is 0.400. The molecule has 1 aromatic carbocycles. The number of nitrogens with two attached hydrogens (primary N) is 1. The van der Waals surface area contributed by atoms with Crippen molar-refractivity contribution in [2.45, 2.75) is 45.8 Å². The van der Waals surface area contributed by atoms with E-state index in [1.165, 1.54) is 9.13 Å². The van der Waals surface area contributed by atoms with E-state index in [-0.39, 0.29) is 12.6 Å². The van der Waals surface area contributed by atoms with E-state index in [4.69, 9.17) is 10.7 Å². The summed E-state index contributed by atoms with van der Waals surface area (Å²) in [7, 11) is 1.64. The highest BCUT2D eigenvalue weighted by Crippen LogP contribution is 2.24. The van der Waals surface area contributed by atoms with Gasteiger partial charge in [0.1, 0.15) is 5.82 Å². The molecule has 0 bridgehead atoms. The second-order valence-electron chi connectivity index (χ2n) is 9.31. The summed E-state index contributed by atoms with van der Waals surface area (Å²) in [5.41, 5.74) is 7.67. The summed E-state index contributed by atoms with van der Waals surface area (Å²) in [6.45, 7) is 5.66. The van der Waals surface area contributed by atoms with Crippen LogP contribution in [0.25, 0.3) is 22.1 Å². The minimum atomic E-state index is -0.458. The number of imidazole rings is 1. The number of hydrogen-bond donors (Lipinski definition) is 1. The highest BCUT2D eigenvalue weighted by Gasteiger charge is 2.26. The van der Waals surface area contributed by atoms with Gasteiger partial charge in [0.25, 0.3) is 5.56 Å². The summed E-state index contributed by atoms with van der Waals surface area (Å²) < 4.78 is 5.44. The molecule has 11 heteroatoms. The number of aromatic nitrogens is 6. The van der Waals surface area contributed by atoms with Crippen molar-refractivity contribution in [3.05, 3.63) is 67.2 Å². The summed E-state index contributed by atoms with van der Waals surface area (Å²) in [5.74, 6) is 1.06. The molecule has 5 rings (SSSR count). The number of anilines is 1. The number of halogens is 1. The van der Waals surface area contributed by atoms with Crippen LogP contribution in [0.2, 0.25) is 0 Å². The Morgan fingerprint density at radius 3 is 2.72 bits per heavy atom. The standard InChI is InChI=1S/C25H29BrN8O2/c1-15(26)10-12-33-21-22(30-24(33)32-11-6-7-17(27)13-32)31(3)25(36)34(23(21)35)14-20-28-16(2)18-8-4-5-9-19(18)29-20/h4-5,8-10,17H,6-7,11-14,27H2,1-3H3/b15-10-/t17-/m1/s1. The van der Waals surface area contributed by atoms with Gasteiger partial charge in [-0.15, -0.1) is 0 Å². The summed E-state index contributed by atoms with van der Waals surface area (Å²) in [6, 6.07) is 7.73. The molecule has 0 radical (unpaired) electrons.